The van der Waals surface area contributed by atoms with Crippen LogP contribution in [0.25, 0.3) is 0 Å². The standard InChI is InChI=1S/C25H32O15/c1-10-19-15(7-18(30)35-10)16(23(31)32-6)8-34-24(19)40-25-22(38-14(5)29)21(37-13(4)28)20(36-12(3)27)17(39-25)9-33-11(2)26/h8,10,15,17,19-22,24-25H,7,9H2,1-6H3. The molecular weight excluding hydrogens is 540 g/mol. The Kier molecular flexibility index (Phi) is 10.1. The van der Waals surface area contributed by atoms with E-state index in [1.807, 2.05) is 0 Å². The van der Waals surface area contributed by atoms with Crippen LogP contribution in [0.3, 0.4) is 0 Å². The van der Waals surface area contributed by atoms with Crippen molar-refractivity contribution in [2.45, 2.75) is 84.1 Å². The number of hydrogen-bond donors (Lipinski definition) is 0. The van der Waals surface area contributed by atoms with Gasteiger partial charge < -0.3 is 42.6 Å². The Bertz CT molecular complexity index is 1050. The zero-order valence-corrected chi connectivity index (χ0v) is 22.8. The number of carbonyl (C=O) groups excluding carboxylic acids is 6. The minimum absolute atomic E-state index is 0.0948. The lowest BCUT2D eigenvalue weighted by atomic mass is 9.77. The van der Waals surface area contributed by atoms with Crippen LogP contribution in [-0.2, 0) is 71.4 Å². The van der Waals surface area contributed by atoms with Crippen LogP contribution in [0, 0.1) is 11.8 Å². The molecule has 9 unspecified atom stereocenters. The predicted molar refractivity (Wildman–Crippen MR) is 125 cm³/mol. The number of cyclic esters (lactones) is 1. The Balaban J connectivity index is 2.01. The summed E-state index contributed by atoms with van der Waals surface area (Å²) in [6, 6.07) is 0. The summed E-state index contributed by atoms with van der Waals surface area (Å²) in [4.78, 5) is 72.1. The van der Waals surface area contributed by atoms with Crippen LogP contribution in [0.4, 0.5) is 0 Å². The summed E-state index contributed by atoms with van der Waals surface area (Å²) in [5, 5.41) is 0. The van der Waals surface area contributed by atoms with Crippen LogP contribution in [0.1, 0.15) is 41.0 Å². The Hall–Kier alpha value is -3.72. The maximum Gasteiger partial charge on any atom is 0.337 e. The maximum absolute atomic E-state index is 12.4. The summed E-state index contributed by atoms with van der Waals surface area (Å²) < 4.78 is 49.2. The van der Waals surface area contributed by atoms with Crippen molar-refractivity contribution in [3.63, 3.8) is 0 Å². The zero-order chi connectivity index (χ0) is 29.7. The van der Waals surface area contributed by atoms with Gasteiger partial charge in [-0.3, -0.25) is 24.0 Å². The van der Waals surface area contributed by atoms with E-state index in [1.165, 1.54) is 7.11 Å². The molecule has 0 saturated carbocycles. The Morgan fingerprint density at radius 2 is 1.48 bits per heavy atom. The lowest BCUT2D eigenvalue weighted by Crippen LogP contribution is -2.64. The molecule has 0 N–H and O–H groups in total. The molecule has 2 saturated heterocycles. The van der Waals surface area contributed by atoms with Gasteiger partial charge in [-0.15, -0.1) is 0 Å². The van der Waals surface area contributed by atoms with Gasteiger partial charge in [0.1, 0.15) is 18.8 Å². The van der Waals surface area contributed by atoms with E-state index in [-0.39, 0.29) is 12.0 Å². The lowest BCUT2D eigenvalue weighted by Gasteiger charge is -2.47. The molecule has 0 aromatic heterocycles. The largest absolute Gasteiger partial charge is 0.471 e. The van der Waals surface area contributed by atoms with E-state index in [1.54, 1.807) is 6.92 Å². The Morgan fingerprint density at radius 1 is 0.875 bits per heavy atom. The average molecular weight is 573 g/mol. The van der Waals surface area contributed by atoms with Crippen LogP contribution in [0.15, 0.2) is 11.8 Å². The average Bonchev–Trinajstić information content (AvgIpc) is 2.84. The molecule has 222 valence electrons. The molecule has 0 aromatic carbocycles. The molecule has 15 nitrogen and oxygen atoms in total. The molecule has 0 bridgehead atoms. The van der Waals surface area contributed by atoms with Gasteiger partial charge in [-0.05, 0) is 6.92 Å². The molecule has 15 heteroatoms. The van der Waals surface area contributed by atoms with Crippen molar-refractivity contribution in [3.8, 4) is 0 Å². The summed E-state index contributed by atoms with van der Waals surface area (Å²) in [5.41, 5.74) is 0.0948. The molecule has 3 rings (SSSR count). The van der Waals surface area contributed by atoms with Gasteiger partial charge in [0.15, 0.2) is 18.3 Å². The molecule has 0 aromatic rings. The molecule has 9 atom stereocenters. The number of esters is 6. The van der Waals surface area contributed by atoms with Crippen molar-refractivity contribution in [1.29, 1.82) is 0 Å². The van der Waals surface area contributed by atoms with E-state index < -0.39 is 97.4 Å². The van der Waals surface area contributed by atoms with Crippen LogP contribution in [-0.4, -0.2) is 92.6 Å². The summed E-state index contributed by atoms with van der Waals surface area (Å²) >= 11 is 0. The van der Waals surface area contributed by atoms with Crippen molar-refractivity contribution >= 4 is 35.8 Å². The highest BCUT2D eigenvalue weighted by Crippen LogP contribution is 2.42. The number of carbonyl (C=O) groups is 6. The van der Waals surface area contributed by atoms with Gasteiger partial charge in [0.25, 0.3) is 0 Å². The molecule has 0 amide bonds. The fraction of sp³-hybridized carbons (Fsp3) is 0.680. The zero-order valence-electron chi connectivity index (χ0n) is 22.8. The van der Waals surface area contributed by atoms with Crippen LogP contribution >= 0.6 is 0 Å². The topological polar surface area (TPSA) is 185 Å². The number of methoxy groups -OCH3 is 1. The number of ether oxygens (including phenoxy) is 9. The van der Waals surface area contributed by atoms with Gasteiger partial charge in [-0.2, -0.15) is 0 Å². The second-order valence-electron chi connectivity index (χ2n) is 9.36. The van der Waals surface area contributed by atoms with Crippen molar-refractivity contribution < 1.29 is 71.4 Å². The van der Waals surface area contributed by atoms with Gasteiger partial charge in [-0.1, -0.05) is 0 Å². The maximum atomic E-state index is 12.4. The van der Waals surface area contributed by atoms with E-state index in [0.29, 0.717) is 0 Å². The second kappa shape index (κ2) is 13.1. The van der Waals surface area contributed by atoms with E-state index in [0.717, 1.165) is 34.0 Å². The first kappa shape index (κ1) is 30.8. The number of rotatable bonds is 8. The van der Waals surface area contributed by atoms with E-state index in [4.69, 9.17) is 42.6 Å². The van der Waals surface area contributed by atoms with Gasteiger partial charge in [0.05, 0.1) is 31.3 Å². The first-order chi connectivity index (χ1) is 18.8. The Labute approximate surface area is 229 Å². The second-order valence-corrected chi connectivity index (χ2v) is 9.36. The molecule has 0 spiro atoms. The van der Waals surface area contributed by atoms with Gasteiger partial charge in [0.2, 0.25) is 12.6 Å². The smallest absolute Gasteiger partial charge is 0.337 e. The summed E-state index contributed by atoms with van der Waals surface area (Å²) in [7, 11) is 1.18. The predicted octanol–water partition coefficient (Wildman–Crippen LogP) is 0.0671. The number of hydrogen-bond acceptors (Lipinski definition) is 15. The third-order valence-corrected chi connectivity index (χ3v) is 6.39. The molecule has 3 heterocycles. The molecule has 0 radical (unpaired) electrons. The lowest BCUT2D eigenvalue weighted by molar-refractivity contribution is -0.348. The van der Waals surface area contributed by atoms with Gasteiger partial charge >= 0.3 is 35.8 Å². The third-order valence-electron chi connectivity index (χ3n) is 6.39. The molecular formula is C25H32O15. The van der Waals surface area contributed by atoms with Crippen LogP contribution in [0.5, 0.6) is 0 Å². The van der Waals surface area contributed by atoms with Gasteiger partial charge in [0, 0.05) is 33.6 Å². The van der Waals surface area contributed by atoms with Crippen molar-refractivity contribution in [3.05, 3.63) is 11.8 Å². The Morgan fingerprint density at radius 3 is 2.05 bits per heavy atom. The summed E-state index contributed by atoms with van der Waals surface area (Å²) in [5.74, 6) is -5.79. The third kappa shape index (κ3) is 7.27. The van der Waals surface area contributed by atoms with E-state index >= 15 is 0 Å². The highest BCUT2D eigenvalue weighted by molar-refractivity contribution is 5.90. The van der Waals surface area contributed by atoms with Crippen LogP contribution in [0.2, 0.25) is 0 Å². The quantitative estimate of drug-likeness (QED) is 0.281. The molecule has 40 heavy (non-hydrogen) atoms. The van der Waals surface area contributed by atoms with Crippen LogP contribution < -0.4 is 0 Å². The first-order valence-corrected chi connectivity index (χ1v) is 12.4. The minimum atomic E-state index is -1.54. The van der Waals surface area contributed by atoms with Crippen molar-refractivity contribution in [1.82, 2.24) is 0 Å². The number of fused-ring (bicyclic) bond motifs is 1. The van der Waals surface area contributed by atoms with E-state index in [9.17, 15) is 28.8 Å². The summed E-state index contributed by atoms with van der Waals surface area (Å²) in [6.45, 7) is 5.57. The van der Waals surface area contributed by atoms with Crippen molar-refractivity contribution in [2.75, 3.05) is 13.7 Å². The summed E-state index contributed by atoms with van der Waals surface area (Å²) in [6.07, 6.45) is -8.19. The molecule has 3 aliphatic heterocycles. The highest BCUT2D eigenvalue weighted by Gasteiger charge is 2.56. The van der Waals surface area contributed by atoms with E-state index in [2.05, 4.69) is 0 Å². The first-order valence-electron chi connectivity index (χ1n) is 12.4. The van der Waals surface area contributed by atoms with Crippen molar-refractivity contribution in [2.24, 2.45) is 11.8 Å². The highest BCUT2D eigenvalue weighted by atomic mass is 16.8. The SMILES string of the molecule is COC(=O)C1=COC(OC2OC(COC(C)=O)C(OC(C)=O)C(OC(C)=O)C2OC(C)=O)C2C(C)OC(=O)CC12. The van der Waals surface area contributed by atoms with Gasteiger partial charge in [-0.25, -0.2) is 4.79 Å². The molecule has 0 aliphatic carbocycles. The fourth-order valence-electron chi connectivity index (χ4n) is 4.89. The normalized spacial score (nSPS) is 33.1. The molecule has 3 aliphatic rings. The monoisotopic (exact) mass is 572 g/mol. The fourth-order valence-corrected chi connectivity index (χ4v) is 4.89. The minimum Gasteiger partial charge on any atom is -0.471 e. The molecule has 2 fully saturated rings.